The molecule has 4 rings (SSSR count). The van der Waals surface area contributed by atoms with Gasteiger partial charge in [-0.15, -0.1) is 0 Å². The number of hydrogen-bond donors (Lipinski definition) is 0. The average molecular weight is 847 g/mol. The summed E-state index contributed by atoms with van der Waals surface area (Å²) in [7, 11) is 0. The van der Waals surface area contributed by atoms with E-state index in [2.05, 4.69) is 125 Å². The standard InChI is InChI=1S/C18H22.C17H20.C2H6.3CH3.3Rh/c1-3-15-5-9-17(10-6-15)13-14-18-11-7-16(4-2)8-12-18;1-3-14-5-9-16(10-6-14)13-17-11-7-15(4-2)8-12-17;1-2;;;;;;/h5-12H,3-4,13-14H2,1-2H3;5-12H,3-4,13H2,1-2H3;1-2H3;3*1H3;;;/q;;;3*-1;;;. The van der Waals surface area contributed by atoms with Gasteiger partial charge in [0.25, 0.3) is 0 Å². The minimum Gasteiger partial charge on any atom is -0.358 e. The molecule has 4 aromatic carbocycles. The first kappa shape index (κ1) is 51.3. The van der Waals surface area contributed by atoms with Crippen LogP contribution in [0.25, 0.3) is 0 Å². The van der Waals surface area contributed by atoms with Gasteiger partial charge in [0.15, 0.2) is 0 Å². The molecule has 247 valence electrons. The Morgan fingerprint density at radius 2 is 0.465 bits per heavy atom. The third-order valence-corrected chi connectivity index (χ3v) is 6.84. The Balaban J connectivity index is -0.000000187. The quantitative estimate of drug-likeness (QED) is 0.116. The van der Waals surface area contributed by atoms with Crippen LogP contribution in [0.3, 0.4) is 0 Å². The van der Waals surface area contributed by atoms with Crippen LogP contribution >= 0.6 is 0 Å². The molecule has 43 heavy (non-hydrogen) atoms. The Hall–Kier alpha value is -1.25. The fourth-order valence-electron chi connectivity index (χ4n) is 4.19. The number of benzene rings is 4. The Kier molecular flexibility index (Phi) is 36.7. The molecule has 4 aromatic rings. The summed E-state index contributed by atoms with van der Waals surface area (Å²) >= 11 is 0. The van der Waals surface area contributed by atoms with E-state index in [9.17, 15) is 0 Å². The molecule has 0 nitrogen and oxygen atoms in total. The summed E-state index contributed by atoms with van der Waals surface area (Å²) in [6, 6.07) is 35.9. The van der Waals surface area contributed by atoms with Crippen LogP contribution in [0.4, 0.5) is 0 Å². The average Bonchev–Trinajstić information content (AvgIpc) is 2.99. The van der Waals surface area contributed by atoms with Crippen molar-refractivity contribution in [1.29, 1.82) is 0 Å². The summed E-state index contributed by atoms with van der Waals surface area (Å²) in [5, 5.41) is 0. The maximum atomic E-state index is 2.26. The molecule has 3 radical (unpaired) electrons. The van der Waals surface area contributed by atoms with Gasteiger partial charge in [-0.1, -0.05) is 139 Å². The topological polar surface area (TPSA) is 0 Å². The molecule has 0 aliphatic heterocycles. The molecule has 0 atom stereocenters. The van der Waals surface area contributed by atoms with Crippen molar-refractivity contribution in [2.24, 2.45) is 0 Å². The molecule has 0 aromatic heterocycles. The molecule has 0 saturated carbocycles. The van der Waals surface area contributed by atoms with Crippen molar-refractivity contribution in [1.82, 2.24) is 0 Å². The molecular formula is C40H57Rh3-3. The molecule has 0 amide bonds. The maximum absolute atomic E-state index is 2.26. The Bertz CT molecular complexity index is 1020. The van der Waals surface area contributed by atoms with Crippen molar-refractivity contribution in [3.8, 4) is 0 Å². The third kappa shape index (κ3) is 19.7. The van der Waals surface area contributed by atoms with E-state index < -0.39 is 0 Å². The molecule has 0 fully saturated rings. The summed E-state index contributed by atoms with van der Waals surface area (Å²) in [5.74, 6) is 0. The van der Waals surface area contributed by atoms with Crippen LogP contribution in [0.15, 0.2) is 97.1 Å². The van der Waals surface area contributed by atoms with E-state index >= 15 is 0 Å². The molecule has 3 heteroatoms. The van der Waals surface area contributed by atoms with Crippen LogP contribution in [0.5, 0.6) is 0 Å². The molecule has 0 saturated heterocycles. The van der Waals surface area contributed by atoms with Gasteiger partial charge in [0.2, 0.25) is 0 Å². The van der Waals surface area contributed by atoms with Gasteiger partial charge in [0.05, 0.1) is 0 Å². The van der Waals surface area contributed by atoms with Crippen LogP contribution < -0.4 is 0 Å². The molecular weight excluding hydrogens is 789 g/mol. The van der Waals surface area contributed by atoms with E-state index in [1.165, 1.54) is 44.5 Å². The molecule has 0 N–H and O–H groups in total. The summed E-state index contributed by atoms with van der Waals surface area (Å²) in [6.07, 6.45) is 7.79. The minimum atomic E-state index is 0. The van der Waals surface area contributed by atoms with Crippen LogP contribution in [0, 0.1) is 22.3 Å². The summed E-state index contributed by atoms with van der Waals surface area (Å²) in [5.41, 5.74) is 11.3. The van der Waals surface area contributed by atoms with Crippen LogP contribution in [0.2, 0.25) is 0 Å². The minimum absolute atomic E-state index is 0. The van der Waals surface area contributed by atoms with Crippen LogP contribution in [-0.4, -0.2) is 0 Å². The summed E-state index contributed by atoms with van der Waals surface area (Å²) in [4.78, 5) is 0. The van der Waals surface area contributed by atoms with Crippen molar-refractivity contribution in [2.45, 2.75) is 86.5 Å². The first-order valence-corrected chi connectivity index (χ1v) is 14.4. The van der Waals surface area contributed by atoms with E-state index in [-0.39, 0.29) is 80.7 Å². The Labute approximate surface area is 306 Å². The summed E-state index contributed by atoms with van der Waals surface area (Å²) < 4.78 is 0. The zero-order valence-electron chi connectivity index (χ0n) is 28.2. The predicted octanol–water partition coefficient (Wildman–Crippen LogP) is 11.4. The molecule has 0 aliphatic rings. The molecule has 0 spiro atoms. The van der Waals surface area contributed by atoms with Gasteiger partial charge in [-0.3, -0.25) is 0 Å². The van der Waals surface area contributed by atoms with Crippen molar-refractivity contribution in [2.75, 3.05) is 0 Å². The first-order valence-electron chi connectivity index (χ1n) is 14.4. The zero-order valence-corrected chi connectivity index (χ0v) is 33.1. The predicted molar refractivity (Wildman–Crippen MR) is 184 cm³/mol. The van der Waals surface area contributed by atoms with Crippen LogP contribution in [0.1, 0.15) is 86.1 Å². The normalized spacial score (nSPS) is 8.70. The second kappa shape index (κ2) is 30.8. The van der Waals surface area contributed by atoms with E-state index in [0.717, 1.165) is 44.9 Å². The molecule has 0 bridgehead atoms. The van der Waals surface area contributed by atoms with Gasteiger partial charge in [0.1, 0.15) is 0 Å². The van der Waals surface area contributed by atoms with E-state index in [0.29, 0.717) is 0 Å². The van der Waals surface area contributed by atoms with E-state index in [1.54, 1.807) is 0 Å². The van der Waals surface area contributed by atoms with E-state index in [4.69, 9.17) is 0 Å². The van der Waals surface area contributed by atoms with Gasteiger partial charge >= 0.3 is 0 Å². The largest absolute Gasteiger partial charge is 0.358 e. The van der Waals surface area contributed by atoms with Gasteiger partial charge in [-0.25, -0.2) is 0 Å². The number of hydrogen-bond acceptors (Lipinski definition) is 0. The van der Waals surface area contributed by atoms with Gasteiger partial charge < -0.3 is 22.3 Å². The second-order valence-electron chi connectivity index (χ2n) is 9.36. The number of aryl methyl sites for hydroxylation is 6. The van der Waals surface area contributed by atoms with Crippen molar-refractivity contribution in [3.05, 3.63) is 164 Å². The monoisotopic (exact) mass is 846 g/mol. The second-order valence-corrected chi connectivity index (χ2v) is 9.36. The van der Waals surface area contributed by atoms with Gasteiger partial charge in [-0.2, -0.15) is 0 Å². The van der Waals surface area contributed by atoms with Gasteiger partial charge in [-0.05, 0) is 89.5 Å². The first-order chi connectivity index (χ1) is 18.1. The molecule has 0 unspecified atom stereocenters. The van der Waals surface area contributed by atoms with Crippen molar-refractivity contribution in [3.63, 3.8) is 0 Å². The SMILES string of the molecule is CC.CCc1ccc(CCc2ccc(CC)cc2)cc1.CCc1ccc(Cc2ccc(CC)cc2)cc1.[CH3-].[CH3-].[CH3-].[Rh].[Rh].[Rh]. The molecule has 0 heterocycles. The fourth-order valence-corrected chi connectivity index (χ4v) is 4.19. The van der Waals surface area contributed by atoms with Crippen LogP contribution in [-0.2, 0) is 103 Å². The smallest absolute Gasteiger partial charge is 0 e. The maximum Gasteiger partial charge on any atom is 0 e. The van der Waals surface area contributed by atoms with Gasteiger partial charge in [0, 0.05) is 58.4 Å². The fraction of sp³-hybridized carbons (Fsp3) is 0.325. The third-order valence-electron chi connectivity index (χ3n) is 6.84. The van der Waals surface area contributed by atoms with Crippen molar-refractivity contribution >= 4 is 0 Å². The zero-order chi connectivity index (χ0) is 26.9. The Morgan fingerprint density at radius 3 is 0.651 bits per heavy atom. The summed E-state index contributed by atoms with van der Waals surface area (Å²) in [6.45, 7) is 12.8. The van der Waals surface area contributed by atoms with Crippen molar-refractivity contribution < 1.29 is 58.4 Å². The Morgan fingerprint density at radius 1 is 0.302 bits per heavy atom. The number of rotatable bonds is 9. The van der Waals surface area contributed by atoms with E-state index in [1.807, 2.05) is 13.8 Å². The molecule has 0 aliphatic carbocycles.